The SMILES string of the molecule is CC(=O)c1ccc(NS(=O)c2ccccc2)cc1. The molecule has 2 aromatic rings. The van der Waals surface area contributed by atoms with E-state index in [-0.39, 0.29) is 5.78 Å². The van der Waals surface area contributed by atoms with Gasteiger partial charge in [0.15, 0.2) is 5.78 Å². The molecule has 0 aromatic heterocycles. The lowest BCUT2D eigenvalue weighted by Gasteiger charge is -2.06. The maximum Gasteiger partial charge on any atom is 0.159 e. The molecule has 1 atom stereocenters. The van der Waals surface area contributed by atoms with Crippen LogP contribution in [-0.4, -0.2) is 9.99 Å². The highest BCUT2D eigenvalue weighted by atomic mass is 32.2. The fourth-order valence-electron chi connectivity index (χ4n) is 1.48. The number of ketones is 1. The molecule has 0 radical (unpaired) electrons. The van der Waals surface area contributed by atoms with Crippen LogP contribution in [0.5, 0.6) is 0 Å². The highest BCUT2D eigenvalue weighted by Crippen LogP contribution is 2.13. The first kappa shape index (κ1) is 12.5. The van der Waals surface area contributed by atoms with Crippen LogP contribution in [0.4, 0.5) is 5.69 Å². The van der Waals surface area contributed by atoms with Gasteiger partial charge in [0, 0.05) is 11.3 Å². The molecule has 0 heterocycles. The van der Waals surface area contributed by atoms with Gasteiger partial charge in [-0.05, 0) is 43.3 Å². The molecule has 18 heavy (non-hydrogen) atoms. The third-order valence-corrected chi connectivity index (χ3v) is 3.58. The number of carbonyl (C=O) groups is 1. The van der Waals surface area contributed by atoms with Crippen molar-refractivity contribution in [2.45, 2.75) is 11.8 Å². The molecule has 2 rings (SSSR count). The summed E-state index contributed by atoms with van der Waals surface area (Å²) in [5.41, 5.74) is 1.37. The Morgan fingerprint density at radius 2 is 1.61 bits per heavy atom. The maximum absolute atomic E-state index is 12.0. The lowest BCUT2D eigenvalue weighted by Crippen LogP contribution is -2.04. The summed E-state index contributed by atoms with van der Waals surface area (Å²) >= 11 is 0. The standard InChI is InChI=1S/C14H13NO2S/c1-11(16)12-7-9-13(10-8-12)15-18(17)14-5-3-2-4-6-14/h2-10,15H,1H3. The van der Waals surface area contributed by atoms with Crippen LogP contribution < -0.4 is 4.72 Å². The van der Waals surface area contributed by atoms with Gasteiger partial charge in [-0.2, -0.15) is 0 Å². The number of anilines is 1. The van der Waals surface area contributed by atoms with Crippen molar-refractivity contribution in [2.24, 2.45) is 0 Å². The minimum atomic E-state index is -1.29. The second kappa shape index (κ2) is 5.60. The number of carbonyl (C=O) groups excluding carboxylic acids is 1. The fourth-order valence-corrected chi connectivity index (χ4v) is 2.36. The van der Waals surface area contributed by atoms with E-state index in [1.165, 1.54) is 6.92 Å². The topological polar surface area (TPSA) is 46.2 Å². The molecule has 2 aromatic carbocycles. The molecular formula is C14H13NO2S. The Hall–Kier alpha value is -1.94. The molecule has 0 aliphatic carbocycles. The minimum absolute atomic E-state index is 0.0192. The van der Waals surface area contributed by atoms with E-state index in [4.69, 9.17) is 0 Å². The van der Waals surface area contributed by atoms with Crippen molar-refractivity contribution in [3.05, 3.63) is 60.2 Å². The molecule has 3 nitrogen and oxygen atoms in total. The van der Waals surface area contributed by atoms with Gasteiger partial charge in [-0.3, -0.25) is 4.79 Å². The van der Waals surface area contributed by atoms with Crippen molar-refractivity contribution in [3.8, 4) is 0 Å². The first-order valence-electron chi connectivity index (χ1n) is 5.51. The van der Waals surface area contributed by atoms with Crippen LogP contribution in [0.3, 0.4) is 0 Å². The molecule has 0 bridgehead atoms. The lowest BCUT2D eigenvalue weighted by molar-refractivity contribution is 0.101. The molecule has 92 valence electrons. The van der Waals surface area contributed by atoms with E-state index in [1.807, 2.05) is 18.2 Å². The van der Waals surface area contributed by atoms with Gasteiger partial charge in [-0.25, -0.2) is 4.21 Å². The van der Waals surface area contributed by atoms with Gasteiger partial charge in [-0.15, -0.1) is 0 Å². The van der Waals surface area contributed by atoms with Crippen molar-refractivity contribution in [1.82, 2.24) is 0 Å². The molecule has 0 aliphatic heterocycles. The van der Waals surface area contributed by atoms with Crippen LogP contribution in [0.15, 0.2) is 59.5 Å². The molecule has 0 amide bonds. The predicted molar refractivity (Wildman–Crippen MR) is 72.9 cm³/mol. The van der Waals surface area contributed by atoms with Crippen LogP contribution in [0.2, 0.25) is 0 Å². The summed E-state index contributed by atoms with van der Waals surface area (Å²) < 4.78 is 14.9. The van der Waals surface area contributed by atoms with Crippen LogP contribution in [0.25, 0.3) is 0 Å². The van der Waals surface area contributed by atoms with Gasteiger partial charge in [0.1, 0.15) is 11.0 Å². The zero-order valence-electron chi connectivity index (χ0n) is 9.92. The van der Waals surface area contributed by atoms with Crippen molar-refractivity contribution in [3.63, 3.8) is 0 Å². The Bertz CT molecular complexity index is 564. The van der Waals surface area contributed by atoms with Crippen LogP contribution in [0.1, 0.15) is 17.3 Å². The van der Waals surface area contributed by atoms with Crippen LogP contribution >= 0.6 is 0 Å². The van der Waals surface area contributed by atoms with Gasteiger partial charge >= 0.3 is 0 Å². The molecule has 4 heteroatoms. The smallest absolute Gasteiger partial charge is 0.159 e. The summed E-state index contributed by atoms with van der Waals surface area (Å²) in [5.74, 6) is 0.0192. The van der Waals surface area contributed by atoms with E-state index in [9.17, 15) is 9.00 Å². The third kappa shape index (κ3) is 3.05. The van der Waals surface area contributed by atoms with Crippen LogP contribution in [-0.2, 0) is 11.0 Å². The summed E-state index contributed by atoms with van der Waals surface area (Å²) in [6.45, 7) is 1.52. The van der Waals surface area contributed by atoms with E-state index in [1.54, 1.807) is 36.4 Å². The Morgan fingerprint density at radius 1 is 1.00 bits per heavy atom. The Kier molecular flexibility index (Phi) is 3.89. The van der Waals surface area contributed by atoms with Gasteiger partial charge in [0.25, 0.3) is 0 Å². The maximum atomic E-state index is 12.0. The zero-order valence-corrected chi connectivity index (χ0v) is 10.7. The number of Topliss-reactive ketones (excluding diaryl/α,β-unsaturated/α-hetero) is 1. The fraction of sp³-hybridized carbons (Fsp3) is 0.0714. The average molecular weight is 259 g/mol. The van der Waals surface area contributed by atoms with Crippen molar-refractivity contribution >= 4 is 22.5 Å². The third-order valence-electron chi connectivity index (χ3n) is 2.46. The summed E-state index contributed by atoms with van der Waals surface area (Å²) in [6.07, 6.45) is 0. The molecule has 0 aliphatic rings. The van der Waals surface area contributed by atoms with E-state index in [2.05, 4.69) is 4.72 Å². The highest BCUT2D eigenvalue weighted by molar-refractivity contribution is 7.86. The highest BCUT2D eigenvalue weighted by Gasteiger charge is 2.04. The predicted octanol–water partition coefficient (Wildman–Crippen LogP) is 3.02. The van der Waals surface area contributed by atoms with Gasteiger partial charge in [0.2, 0.25) is 0 Å². The van der Waals surface area contributed by atoms with Crippen molar-refractivity contribution in [2.75, 3.05) is 4.72 Å². The molecule has 1 unspecified atom stereocenters. The van der Waals surface area contributed by atoms with E-state index >= 15 is 0 Å². The first-order valence-corrected chi connectivity index (χ1v) is 6.66. The minimum Gasteiger partial charge on any atom is -0.301 e. The summed E-state index contributed by atoms with van der Waals surface area (Å²) in [4.78, 5) is 11.8. The first-order chi connectivity index (χ1) is 8.66. The number of nitrogens with one attached hydrogen (secondary N) is 1. The molecular weight excluding hydrogens is 246 g/mol. The molecule has 0 saturated heterocycles. The number of benzene rings is 2. The van der Waals surface area contributed by atoms with Crippen LogP contribution in [0, 0.1) is 0 Å². The second-order valence-electron chi connectivity index (χ2n) is 3.82. The van der Waals surface area contributed by atoms with Gasteiger partial charge in [0.05, 0.1) is 4.90 Å². The number of hydrogen-bond acceptors (Lipinski definition) is 2. The summed E-state index contributed by atoms with van der Waals surface area (Å²) in [5, 5.41) is 0. The van der Waals surface area contributed by atoms with Crippen molar-refractivity contribution < 1.29 is 9.00 Å². The van der Waals surface area contributed by atoms with Gasteiger partial charge in [-0.1, -0.05) is 18.2 Å². The Labute approximate surface area is 108 Å². The monoisotopic (exact) mass is 259 g/mol. The van der Waals surface area contributed by atoms with E-state index in [0.29, 0.717) is 10.5 Å². The normalized spacial score (nSPS) is 11.8. The zero-order chi connectivity index (χ0) is 13.0. The molecule has 0 spiro atoms. The van der Waals surface area contributed by atoms with Crippen molar-refractivity contribution in [1.29, 1.82) is 0 Å². The summed E-state index contributed by atoms with van der Waals surface area (Å²) in [7, 11) is -1.29. The second-order valence-corrected chi connectivity index (χ2v) is 5.03. The number of hydrogen-bond donors (Lipinski definition) is 1. The quantitative estimate of drug-likeness (QED) is 0.858. The van der Waals surface area contributed by atoms with Gasteiger partial charge < -0.3 is 4.72 Å². The molecule has 0 saturated carbocycles. The molecule has 0 fully saturated rings. The lowest BCUT2D eigenvalue weighted by atomic mass is 10.1. The van der Waals surface area contributed by atoms with E-state index < -0.39 is 11.0 Å². The average Bonchev–Trinajstić information content (AvgIpc) is 2.40. The Balaban J connectivity index is 2.10. The van der Waals surface area contributed by atoms with E-state index in [0.717, 1.165) is 5.69 Å². The largest absolute Gasteiger partial charge is 0.301 e. The Morgan fingerprint density at radius 3 is 2.17 bits per heavy atom. The number of rotatable bonds is 4. The summed E-state index contributed by atoms with van der Waals surface area (Å²) in [6, 6.07) is 16.1. The molecule has 1 N–H and O–H groups in total.